The van der Waals surface area contributed by atoms with Gasteiger partial charge in [-0.05, 0) is 17.2 Å². The molecular weight excluding hydrogens is 312 g/mol. The lowest BCUT2D eigenvalue weighted by atomic mass is 9.69. The fourth-order valence-corrected chi connectivity index (χ4v) is 3.41. The summed E-state index contributed by atoms with van der Waals surface area (Å²) < 4.78 is 11.2. The molecule has 0 aliphatic rings. The summed E-state index contributed by atoms with van der Waals surface area (Å²) in [4.78, 5) is 0. The summed E-state index contributed by atoms with van der Waals surface area (Å²) in [6.45, 7) is -0.0927. The van der Waals surface area contributed by atoms with E-state index in [9.17, 15) is 5.11 Å². The van der Waals surface area contributed by atoms with Gasteiger partial charge in [0.1, 0.15) is 0 Å². The van der Waals surface area contributed by atoms with Crippen molar-refractivity contribution in [1.29, 1.82) is 0 Å². The van der Waals surface area contributed by atoms with Gasteiger partial charge in [0.15, 0.2) is 11.5 Å². The predicted octanol–water partition coefficient (Wildman–Crippen LogP) is 4.03. The molecule has 0 radical (unpaired) electrons. The zero-order valence-electron chi connectivity index (χ0n) is 14.5. The number of ether oxygens (including phenoxy) is 2. The van der Waals surface area contributed by atoms with E-state index in [1.54, 1.807) is 14.2 Å². The summed E-state index contributed by atoms with van der Waals surface area (Å²) in [6, 6.07) is 25.8. The van der Waals surface area contributed by atoms with Crippen molar-refractivity contribution in [2.24, 2.45) is 0 Å². The first kappa shape index (κ1) is 17.1. The van der Waals surface area contributed by atoms with E-state index in [0.717, 1.165) is 16.7 Å². The van der Waals surface area contributed by atoms with Crippen molar-refractivity contribution in [3.05, 3.63) is 95.6 Å². The van der Waals surface area contributed by atoms with Crippen molar-refractivity contribution in [3.63, 3.8) is 0 Å². The summed E-state index contributed by atoms with van der Waals surface area (Å²) in [5, 5.41) is 10.6. The van der Waals surface area contributed by atoms with Crippen LogP contribution in [0.5, 0.6) is 11.5 Å². The van der Waals surface area contributed by atoms with Gasteiger partial charge in [-0.15, -0.1) is 0 Å². The monoisotopic (exact) mass is 334 g/mol. The average Bonchev–Trinajstić information content (AvgIpc) is 2.70. The smallest absolute Gasteiger partial charge is 0.165 e. The van der Waals surface area contributed by atoms with Gasteiger partial charge in [0.25, 0.3) is 0 Å². The first-order valence-electron chi connectivity index (χ1n) is 8.21. The molecule has 3 nitrogen and oxygen atoms in total. The molecule has 0 spiro atoms. The summed E-state index contributed by atoms with van der Waals surface area (Å²) in [6.07, 6.45) is 0. The van der Waals surface area contributed by atoms with Gasteiger partial charge in [0.05, 0.1) is 26.2 Å². The molecule has 0 atom stereocenters. The van der Waals surface area contributed by atoms with Crippen molar-refractivity contribution < 1.29 is 14.6 Å². The van der Waals surface area contributed by atoms with E-state index in [1.165, 1.54) is 0 Å². The van der Waals surface area contributed by atoms with Crippen LogP contribution in [0.1, 0.15) is 16.7 Å². The molecule has 0 heterocycles. The van der Waals surface area contributed by atoms with Crippen LogP contribution in [0.25, 0.3) is 0 Å². The quantitative estimate of drug-likeness (QED) is 0.692. The molecule has 0 aromatic heterocycles. The molecular formula is C22H22O3. The number of para-hydroxylation sites is 1. The maximum absolute atomic E-state index is 10.6. The lowest BCUT2D eigenvalue weighted by Crippen LogP contribution is -2.34. The largest absolute Gasteiger partial charge is 0.493 e. The van der Waals surface area contributed by atoms with Crippen molar-refractivity contribution >= 4 is 0 Å². The Kier molecular flexibility index (Phi) is 5.05. The van der Waals surface area contributed by atoms with E-state index in [2.05, 4.69) is 0 Å². The van der Waals surface area contributed by atoms with Crippen molar-refractivity contribution in [2.45, 2.75) is 5.41 Å². The van der Waals surface area contributed by atoms with Crippen LogP contribution >= 0.6 is 0 Å². The maximum atomic E-state index is 10.6. The highest BCUT2D eigenvalue weighted by Gasteiger charge is 2.39. The van der Waals surface area contributed by atoms with Gasteiger partial charge in [0, 0.05) is 5.56 Å². The van der Waals surface area contributed by atoms with Gasteiger partial charge < -0.3 is 14.6 Å². The third-order valence-corrected chi connectivity index (χ3v) is 4.63. The third-order valence-electron chi connectivity index (χ3n) is 4.63. The Morgan fingerprint density at radius 2 is 1.28 bits per heavy atom. The Balaban J connectivity index is 2.37. The average molecular weight is 334 g/mol. The zero-order valence-corrected chi connectivity index (χ0v) is 14.5. The van der Waals surface area contributed by atoms with E-state index in [4.69, 9.17) is 9.47 Å². The number of hydrogen-bond donors (Lipinski definition) is 1. The van der Waals surface area contributed by atoms with E-state index < -0.39 is 5.41 Å². The number of aliphatic hydroxyl groups is 1. The van der Waals surface area contributed by atoms with Crippen molar-refractivity contribution in [1.82, 2.24) is 0 Å². The van der Waals surface area contributed by atoms with Crippen LogP contribution in [-0.2, 0) is 5.41 Å². The molecule has 128 valence electrons. The van der Waals surface area contributed by atoms with Gasteiger partial charge in [-0.1, -0.05) is 72.8 Å². The molecule has 3 aromatic carbocycles. The fraction of sp³-hybridized carbons (Fsp3) is 0.182. The van der Waals surface area contributed by atoms with Gasteiger partial charge in [-0.3, -0.25) is 0 Å². The highest BCUT2D eigenvalue weighted by atomic mass is 16.5. The van der Waals surface area contributed by atoms with Crippen molar-refractivity contribution in [2.75, 3.05) is 20.8 Å². The Morgan fingerprint density at radius 1 is 0.720 bits per heavy atom. The number of aliphatic hydroxyl groups excluding tert-OH is 1. The molecule has 25 heavy (non-hydrogen) atoms. The summed E-state index contributed by atoms with van der Waals surface area (Å²) in [7, 11) is 3.24. The summed E-state index contributed by atoms with van der Waals surface area (Å²) >= 11 is 0. The topological polar surface area (TPSA) is 38.7 Å². The minimum absolute atomic E-state index is 0.0927. The van der Waals surface area contributed by atoms with E-state index in [1.807, 2.05) is 78.9 Å². The first-order chi connectivity index (χ1) is 12.3. The molecule has 0 fully saturated rings. The third kappa shape index (κ3) is 2.87. The lowest BCUT2D eigenvalue weighted by molar-refractivity contribution is 0.238. The highest BCUT2D eigenvalue weighted by Crippen LogP contribution is 2.46. The van der Waals surface area contributed by atoms with E-state index in [0.29, 0.717) is 11.5 Å². The van der Waals surface area contributed by atoms with Crippen LogP contribution in [0.3, 0.4) is 0 Å². The molecule has 3 rings (SSSR count). The molecule has 0 saturated heterocycles. The Hall–Kier alpha value is -2.78. The Bertz CT molecular complexity index is 774. The highest BCUT2D eigenvalue weighted by molar-refractivity contribution is 5.59. The van der Waals surface area contributed by atoms with Crippen molar-refractivity contribution in [3.8, 4) is 11.5 Å². The Morgan fingerprint density at radius 3 is 1.72 bits per heavy atom. The SMILES string of the molecule is COc1cccc(C(CO)(c2ccccc2)c2ccccc2)c1OC. The molecule has 0 saturated carbocycles. The van der Waals surface area contributed by atoms with Crippen LogP contribution in [-0.4, -0.2) is 25.9 Å². The van der Waals surface area contributed by atoms with Crippen LogP contribution < -0.4 is 9.47 Å². The molecule has 3 heteroatoms. The van der Waals surface area contributed by atoms with Crippen LogP contribution in [0, 0.1) is 0 Å². The van der Waals surface area contributed by atoms with Gasteiger partial charge in [-0.2, -0.15) is 0 Å². The normalized spacial score (nSPS) is 11.2. The second-order valence-corrected chi connectivity index (χ2v) is 5.84. The van der Waals surface area contributed by atoms with Crippen LogP contribution in [0.4, 0.5) is 0 Å². The Labute approximate surface area is 148 Å². The van der Waals surface area contributed by atoms with Crippen LogP contribution in [0.2, 0.25) is 0 Å². The number of hydrogen-bond acceptors (Lipinski definition) is 3. The van der Waals surface area contributed by atoms with Gasteiger partial charge in [-0.25, -0.2) is 0 Å². The maximum Gasteiger partial charge on any atom is 0.165 e. The predicted molar refractivity (Wildman–Crippen MR) is 99.4 cm³/mol. The molecule has 0 bridgehead atoms. The van der Waals surface area contributed by atoms with Gasteiger partial charge in [0.2, 0.25) is 0 Å². The molecule has 3 aromatic rings. The van der Waals surface area contributed by atoms with Crippen LogP contribution in [0.15, 0.2) is 78.9 Å². The lowest BCUT2D eigenvalue weighted by Gasteiger charge is -2.35. The summed E-state index contributed by atoms with van der Waals surface area (Å²) in [5.74, 6) is 1.27. The minimum Gasteiger partial charge on any atom is -0.493 e. The van der Waals surface area contributed by atoms with Gasteiger partial charge >= 0.3 is 0 Å². The number of benzene rings is 3. The standard InChI is InChI=1S/C22H22O3/c1-24-20-15-9-14-19(21(20)25-2)22(16-23,17-10-5-3-6-11-17)18-12-7-4-8-13-18/h3-15,23H,16H2,1-2H3. The van der Waals surface area contributed by atoms with E-state index in [-0.39, 0.29) is 6.61 Å². The number of methoxy groups -OCH3 is 2. The number of rotatable bonds is 6. The molecule has 0 unspecified atom stereocenters. The summed E-state index contributed by atoms with van der Waals surface area (Å²) in [5.41, 5.74) is 2.11. The second kappa shape index (κ2) is 7.41. The molecule has 0 aliphatic carbocycles. The first-order valence-corrected chi connectivity index (χ1v) is 8.21. The minimum atomic E-state index is -0.748. The molecule has 0 amide bonds. The fourth-order valence-electron chi connectivity index (χ4n) is 3.41. The second-order valence-electron chi connectivity index (χ2n) is 5.84. The van der Waals surface area contributed by atoms with E-state index >= 15 is 0 Å². The molecule has 0 aliphatic heterocycles. The zero-order chi connectivity index (χ0) is 17.7. The molecule has 1 N–H and O–H groups in total.